The molecule has 0 bridgehead atoms. The minimum absolute atomic E-state index is 0.613. The molecule has 1 N–H and O–H groups in total. The Balaban J connectivity index is 1.98. The molecule has 0 unspecified atom stereocenters. The van der Waals surface area contributed by atoms with Crippen molar-refractivity contribution in [1.29, 1.82) is 0 Å². The summed E-state index contributed by atoms with van der Waals surface area (Å²) < 4.78 is 11.2. The topological polar surface area (TPSA) is 30.5 Å². The molecular formula is C16H27NO2. The van der Waals surface area contributed by atoms with Crippen molar-refractivity contribution in [3.05, 3.63) is 29.8 Å². The van der Waals surface area contributed by atoms with Gasteiger partial charge in [0.1, 0.15) is 12.4 Å². The number of hydrogen-bond acceptors (Lipinski definition) is 3. The first kappa shape index (κ1) is 16.0. The van der Waals surface area contributed by atoms with Crippen LogP contribution in [0.3, 0.4) is 0 Å². The van der Waals surface area contributed by atoms with Gasteiger partial charge in [0.25, 0.3) is 0 Å². The molecular weight excluding hydrogens is 238 g/mol. The molecule has 0 atom stereocenters. The Kier molecular flexibility index (Phi) is 9.11. The minimum atomic E-state index is 0.613. The highest BCUT2D eigenvalue weighted by Crippen LogP contribution is 2.13. The summed E-state index contributed by atoms with van der Waals surface area (Å²) in [4.78, 5) is 0. The van der Waals surface area contributed by atoms with E-state index in [1.54, 1.807) is 0 Å². The molecule has 0 heterocycles. The Labute approximate surface area is 117 Å². The second-order valence-corrected chi connectivity index (χ2v) is 4.57. The lowest BCUT2D eigenvalue weighted by Crippen LogP contribution is -2.21. The van der Waals surface area contributed by atoms with Crippen molar-refractivity contribution in [3.8, 4) is 5.75 Å². The van der Waals surface area contributed by atoms with Crippen molar-refractivity contribution in [1.82, 2.24) is 5.32 Å². The average molecular weight is 265 g/mol. The molecule has 108 valence electrons. The van der Waals surface area contributed by atoms with Gasteiger partial charge in [-0.15, -0.1) is 0 Å². The third-order valence-corrected chi connectivity index (χ3v) is 2.93. The Morgan fingerprint density at radius 1 is 1.05 bits per heavy atom. The predicted molar refractivity (Wildman–Crippen MR) is 79.9 cm³/mol. The number of unbranched alkanes of at least 4 members (excludes halogenated alkanes) is 1. The quantitative estimate of drug-likeness (QED) is 0.624. The number of ether oxygens (including phenoxy) is 2. The lowest BCUT2D eigenvalue weighted by atomic mass is 10.2. The van der Waals surface area contributed by atoms with Gasteiger partial charge in [-0.2, -0.15) is 0 Å². The van der Waals surface area contributed by atoms with Gasteiger partial charge < -0.3 is 14.8 Å². The Bertz CT molecular complexity index is 328. The van der Waals surface area contributed by atoms with Crippen LogP contribution in [-0.4, -0.2) is 32.9 Å². The Morgan fingerprint density at radius 2 is 1.95 bits per heavy atom. The van der Waals surface area contributed by atoms with E-state index in [9.17, 15) is 0 Å². The van der Waals surface area contributed by atoms with E-state index in [2.05, 4.69) is 31.3 Å². The van der Waals surface area contributed by atoms with E-state index >= 15 is 0 Å². The Hall–Kier alpha value is -1.06. The van der Waals surface area contributed by atoms with Gasteiger partial charge in [-0.1, -0.05) is 32.4 Å². The summed E-state index contributed by atoms with van der Waals surface area (Å²) in [6.07, 6.45) is 3.51. The number of rotatable bonds is 11. The number of nitrogens with one attached hydrogen (secondary N) is 1. The molecule has 0 spiro atoms. The molecule has 3 heteroatoms. The maximum Gasteiger partial charge on any atom is 0.119 e. The van der Waals surface area contributed by atoms with Crippen molar-refractivity contribution in [2.75, 3.05) is 32.9 Å². The zero-order valence-electron chi connectivity index (χ0n) is 12.3. The van der Waals surface area contributed by atoms with Gasteiger partial charge in [0.2, 0.25) is 0 Å². The summed E-state index contributed by atoms with van der Waals surface area (Å²) >= 11 is 0. The van der Waals surface area contributed by atoms with Crippen LogP contribution in [0, 0.1) is 0 Å². The van der Waals surface area contributed by atoms with Gasteiger partial charge in [-0.25, -0.2) is 0 Å². The zero-order chi connectivity index (χ0) is 13.8. The lowest BCUT2D eigenvalue weighted by Gasteiger charge is -2.08. The maximum absolute atomic E-state index is 5.65. The molecule has 1 rings (SSSR count). The molecule has 3 nitrogen and oxygen atoms in total. The fraction of sp³-hybridized carbons (Fsp3) is 0.625. The normalized spacial score (nSPS) is 10.6. The van der Waals surface area contributed by atoms with Crippen LogP contribution >= 0.6 is 0 Å². The monoisotopic (exact) mass is 265 g/mol. The average Bonchev–Trinajstić information content (AvgIpc) is 2.46. The summed E-state index contributed by atoms with van der Waals surface area (Å²) in [5.41, 5.74) is 1.30. The predicted octanol–water partition coefficient (Wildman–Crippen LogP) is 3.03. The summed E-state index contributed by atoms with van der Waals surface area (Å²) in [6, 6.07) is 8.23. The highest BCUT2D eigenvalue weighted by Gasteiger charge is 1.95. The first-order valence-corrected chi connectivity index (χ1v) is 7.37. The molecule has 0 aromatic heterocycles. The van der Waals surface area contributed by atoms with Crippen LogP contribution in [0.15, 0.2) is 24.3 Å². The summed E-state index contributed by atoms with van der Waals surface area (Å²) in [5, 5.41) is 3.34. The van der Waals surface area contributed by atoms with E-state index in [0.717, 1.165) is 31.9 Å². The Morgan fingerprint density at radius 3 is 2.74 bits per heavy atom. The smallest absolute Gasteiger partial charge is 0.119 e. The van der Waals surface area contributed by atoms with Gasteiger partial charge >= 0.3 is 0 Å². The highest BCUT2D eigenvalue weighted by molar-refractivity contribution is 5.28. The second kappa shape index (κ2) is 10.8. The van der Waals surface area contributed by atoms with Gasteiger partial charge in [-0.3, -0.25) is 0 Å². The molecule has 0 saturated carbocycles. The van der Waals surface area contributed by atoms with Crippen molar-refractivity contribution >= 4 is 0 Å². The van der Waals surface area contributed by atoms with Crippen molar-refractivity contribution in [3.63, 3.8) is 0 Å². The maximum atomic E-state index is 5.65. The SMILES string of the molecule is CCCCNCCOCCOc1cccc(CC)c1. The number of aryl methyl sites for hydroxylation is 1. The fourth-order valence-corrected chi connectivity index (χ4v) is 1.75. The molecule has 0 radical (unpaired) electrons. The molecule has 0 aliphatic rings. The first-order chi connectivity index (χ1) is 9.36. The standard InChI is InChI=1S/C16H27NO2/c1-3-5-9-17-10-11-18-12-13-19-16-8-6-7-15(4-2)14-16/h6-8,14,17H,3-5,9-13H2,1-2H3. The van der Waals surface area contributed by atoms with Crippen molar-refractivity contribution in [2.45, 2.75) is 33.1 Å². The van der Waals surface area contributed by atoms with Gasteiger partial charge in [0, 0.05) is 6.54 Å². The van der Waals surface area contributed by atoms with Gasteiger partial charge in [0.05, 0.1) is 13.2 Å². The molecule has 0 aliphatic carbocycles. The molecule has 19 heavy (non-hydrogen) atoms. The number of hydrogen-bond donors (Lipinski definition) is 1. The van der Waals surface area contributed by atoms with Crippen LogP contribution in [0.2, 0.25) is 0 Å². The van der Waals surface area contributed by atoms with E-state index in [-0.39, 0.29) is 0 Å². The third kappa shape index (κ3) is 7.85. The third-order valence-electron chi connectivity index (χ3n) is 2.93. The van der Waals surface area contributed by atoms with Crippen LogP contribution in [-0.2, 0) is 11.2 Å². The molecule has 1 aromatic rings. The van der Waals surface area contributed by atoms with Gasteiger partial charge in [0.15, 0.2) is 0 Å². The summed E-state index contributed by atoms with van der Waals surface area (Å²) in [5.74, 6) is 0.934. The van der Waals surface area contributed by atoms with E-state index in [4.69, 9.17) is 9.47 Å². The van der Waals surface area contributed by atoms with Crippen LogP contribution in [0.25, 0.3) is 0 Å². The summed E-state index contributed by atoms with van der Waals surface area (Å²) in [7, 11) is 0. The lowest BCUT2D eigenvalue weighted by molar-refractivity contribution is 0.102. The van der Waals surface area contributed by atoms with Crippen LogP contribution < -0.4 is 10.1 Å². The zero-order valence-corrected chi connectivity index (χ0v) is 12.3. The first-order valence-electron chi connectivity index (χ1n) is 7.37. The number of benzene rings is 1. The van der Waals surface area contributed by atoms with E-state index in [1.807, 2.05) is 12.1 Å². The molecule has 0 aliphatic heterocycles. The van der Waals surface area contributed by atoms with Crippen LogP contribution in [0.1, 0.15) is 32.3 Å². The second-order valence-electron chi connectivity index (χ2n) is 4.57. The molecule has 0 amide bonds. The van der Waals surface area contributed by atoms with E-state index < -0.39 is 0 Å². The molecule has 1 aromatic carbocycles. The molecule has 0 fully saturated rings. The largest absolute Gasteiger partial charge is 0.491 e. The van der Waals surface area contributed by atoms with E-state index in [0.29, 0.717) is 13.2 Å². The van der Waals surface area contributed by atoms with Gasteiger partial charge in [-0.05, 0) is 37.1 Å². The van der Waals surface area contributed by atoms with Crippen LogP contribution in [0.4, 0.5) is 0 Å². The summed E-state index contributed by atoms with van der Waals surface area (Å²) in [6.45, 7) is 8.36. The molecule has 0 saturated heterocycles. The fourth-order valence-electron chi connectivity index (χ4n) is 1.75. The van der Waals surface area contributed by atoms with Crippen molar-refractivity contribution < 1.29 is 9.47 Å². The van der Waals surface area contributed by atoms with Crippen molar-refractivity contribution in [2.24, 2.45) is 0 Å². The van der Waals surface area contributed by atoms with Crippen LogP contribution in [0.5, 0.6) is 5.75 Å². The van der Waals surface area contributed by atoms with E-state index in [1.165, 1.54) is 18.4 Å². The minimum Gasteiger partial charge on any atom is -0.491 e. The highest BCUT2D eigenvalue weighted by atomic mass is 16.5.